The largest absolute Gasteiger partial charge is 0.444 e. The van der Waals surface area contributed by atoms with E-state index >= 15 is 0 Å². The topological polar surface area (TPSA) is 68.3 Å². The molecule has 1 heterocycles. The number of amides is 1. The molecule has 0 aliphatic rings. The van der Waals surface area contributed by atoms with E-state index < -0.39 is 17.2 Å². The molecule has 0 spiro atoms. The molecule has 1 aromatic rings. The molecular formula is C14H19ClN2O3. The molecule has 110 valence electrons. The lowest BCUT2D eigenvalue weighted by Gasteiger charge is -2.27. The van der Waals surface area contributed by atoms with Crippen LogP contribution in [-0.2, 0) is 15.1 Å². The van der Waals surface area contributed by atoms with Crippen molar-refractivity contribution in [3.63, 3.8) is 0 Å². The van der Waals surface area contributed by atoms with Crippen molar-refractivity contribution in [2.24, 2.45) is 0 Å². The number of aryl methyl sites for hydroxylation is 1. The number of halogens is 1. The maximum atomic E-state index is 11.8. The molecule has 6 heteroatoms. The first-order chi connectivity index (χ1) is 9.07. The number of alkyl carbamates (subject to hydrolysis) is 1. The summed E-state index contributed by atoms with van der Waals surface area (Å²) in [6.07, 6.45) is 1.43. The van der Waals surface area contributed by atoms with Gasteiger partial charge in [-0.2, -0.15) is 0 Å². The molecule has 0 aliphatic carbocycles. The fourth-order valence-corrected chi connectivity index (χ4v) is 1.63. The van der Waals surface area contributed by atoms with E-state index in [9.17, 15) is 9.59 Å². The highest BCUT2D eigenvalue weighted by Gasteiger charge is 2.31. The quantitative estimate of drug-likeness (QED) is 0.688. The molecule has 0 bridgehead atoms. The Morgan fingerprint density at radius 2 is 2.00 bits per heavy atom. The lowest BCUT2D eigenvalue weighted by molar-refractivity contribution is -0.113. The van der Waals surface area contributed by atoms with Gasteiger partial charge in [0.15, 0.2) is 0 Å². The number of hydrogen-bond acceptors (Lipinski definition) is 4. The number of aldehydes is 1. The fraction of sp³-hybridized carbons (Fsp3) is 0.500. The van der Waals surface area contributed by atoms with Crippen LogP contribution in [-0.4, -0.2) is 23.0 Å². The number of carbonyl (C=O) groups is 2. The predicted molar refractivity (Wildman–Crippen MR) is 76.8 cm³/mol. The number of aromatic nitrogens is 1. The van der Waals surface area contributed by atoms with Gasteiger partial charge in [0, 0.05) is 11.8 Å². The summed E-state index contributed by atoms with van der Waals surface area (Å²) >= 11 is 5.86. The second kappa shape index (κ2) is 5.79. The standard InChI is InChI=1S/C14H19ClN2O3/c1-9-6-10(7-16-11(9)15)14(5,8-18)17-12(19)20-13(2,3)4/h6-8H,1-5H3,(H,17,19). The lowest BCUT2D eigenvalue weighted by Crippen LogP contribution is -2.47. The molecule has 0 aliphatic heterocycles. The van der Waals surface area contributed by atoms with E-state index in [2.05, 4.69) is 10.3 Å². The Labute approximate surface area is 123 Å². The molecule has 0 saturated carbocycles. The highest BCUT2D eigenvalue weighted by atomic mass is 35.5. The van der Waals surface area contributed by atoms with E-state index in [0.29, 0.717) is 17.0 Å². The van der Waals surface area contributed by atoms with Gasteiger partial charge in [-0.3, -0.25) is 0 Å². The van der Waals surface area contributed by atoms with Gasteiger partial charge in [-0.1, -0.05) is 11.6 Å². The molecule has 0 aromatic carbocycles. The summed E-state index contributed by atoms with van der Waals surface area (Å²) in [7, 11) is 0. The van der Waals surface area contributed by atoms with Gasteiger partial charge in [-0.25, -0.2) is 9.78 Å². The Morgan fingerprint density at radius 1 is 1.40 bits per heavy atom. The van der Waals surface area contributed by atoms with E-state index in [1.807, 2.05) is 0 Å². The van der Waals surface area contributed by atoms with E-state index in [-0.39, 0.29) is 0 Å². The number of rotatable bonds is 3. The van der Waals surface area contributed by atoms with Crippen LogP contribution < -0.4 is 5.32 Å². The first kappa shape index (κ1) is 16.4. The molecular weight excluding hydrogens is 280 g/mol. The van der Waals surface area contributed by atoms with E-state index in [1.54, 1.807) is 40.7 Å². The number of nitrogens with zero attached hydrogens (tertiary/aromatic N) is 1. The minimum atomic E-state index is -1.22. The van der Waals surface area contributed by atoms with Crippen LogP contribution in [0, 0.1) is 6.92 Å². The van der Waals surface area contributed by atoms with Crippen LogP contribution >= 0.6 is 11.6 Å². The monoisotopic (exact) mass is 298 g/mol. The SMILES string of the molecule is Cc1cc(C(C)(C=O)NC(=O)OC(C)(C)C)cnc1Cl. The molecule has 0 radical (unpaired) electrons. The van der Waals surface area contributed by atoms with Crippen LogP contribution in [0.1, 0.15) is 38.8 Å². The van der Waals surface area contributed by atoms with Gasteiger partial charge in [-0.15, -0.1) is 0 Å². The highest BCUT2D eigenvalue weighted by Crippen LogP contribution is 2.22. The van der Waals surface area contributed by atoms with Crippen LogP contribution in [0.5, 0.6) is 0 Å². The predicted octanol–water partition coefficient (Wildman–Crippen LogP) is 2.98. The van der Waals surface area contributed by atoms with Crippen LogP contribution in [0.2, 0.25) is 5.15 Å². The van der Waals surface area contributed by atoms with Gasteiger partial charge in [0.2, 0.25) is 0 Å². The van der Waals surface area contributed by atoms with Crippen molar-refractivity contribution in [3.8, 4) is 0 Å². The van der Waals surface area contributed by atoms with Crippen LogP contribution in [0.3, 0.4) is 0 Å². The van der Waals surface area contributed by atoms with Crippen molar-refractivity contribution in [1.82, 2.24) is 10.3 Å². The summed E-state index contributed by atoms with van der Waals surface area (Å²) in [6, 6.07) is 1.71. The molecule has 0 fully saturated rings. The minimum Gasteiger partial charge on any atom is -0.444 e. The highest BCUT2D eigenvalue weighted by molar-refractivity contribution is 6.30. The fourth-order valence-electron chi connectivity index (χ4n) is 1.53. The average Bonchev–Trinajstić information content (AvgIpc) is 2.29. The summed E-state index contributed by atoms with van der Waals surface area (Å²) in [5.41, 5.74) is -0.587. The van der Waals surface area contributed by atoms with Crippen molar-refractivity contribution in [3.05, 3.63) is 28.5 Å². The van der Waals surface area contributed by atoms with Crippen molar-refractivity contribution < 1.29 is 14.3 Å². The van der Waals surface area contributed by atoms with Gasteiger partial charge in [0.05, 0.1) is 0 Å². The zero-order valence-electron chi connectivity index (χ0n) is 12.3. The second-order valence-corrected chi connectivity index (χ2v) is 6.14. The van der Waals surface area contributed by atoms with E-state index in [1.165, 1.54) is 6.20 Å². The summed E-state index contributed by atoms with van der Waals surface area (Å²) in [6.45, 7) is 8.60. The van der Waals surface area contributed by atoms with Crippen molar-refractivity contribution >= 4 is 24.0 Å². The molecule has 1 N–H and O–H groups in total. The summed E-state index contributed by atoms with van der Waals surface area (Å²) in [5.74, 6) is 0. The van der Waals surface area contributed by atoms with Gasteiger partial charge >= 0.3 is 6.09 Å². The molecule has 1 atom stereocenters. The summed E-state index contributed by atoms with van der Waals surface area (Å²) in [4.78, 5) is 27.2. The summed E-state index contributed by atoms with van der Waals surface area (Å²) in [5, 5.41) is 2.91. The first-order valence-corrected chi connectivity index (χ1v) is 6.55. The number of nitrogens with one attached hydrogen (secondary N) is 1. The van der Waals surface area contributed by atoms with Gasteiger partial charge in [0.25, 0.3) is 0 Å². The Kier molecular flexibility index (Phi) is 4.76. The maximum Gasteiger partial charge on any atom is 0.408 e. The van der Waals surface area contributed by atoms with Crippen LogP contribution in [0.15, 0.2) is 12.3 Å². The number of pyridine rings is 1. The van der Waals surface area contributed by atoms with Crippen LogP contribution in [0.4, 0.5) is 4.79 Å². The molecule has 20 heavy (non-hydrogen) atoms. The third-order valence-electron chi connectivity index (χ3n) is 2.61. The van der Waals surface area contributed by atoms with E-state index in [4.69, 9.17) is 16.3 Å². The maximum absolute atomic E-state index is 11.8. The van der Waals surface area contributed by atoms with Gasteiger partial charge in [0.1, 0.15) is 22.6 Å². The third-order valence-corrected chi connectivity index (χ3v) is 3.01. The van der Waals surface area contributed by atoms with E-state index in [0.717, 1.165) is 5.56 Å². The summed E-state index contributed by atoms with van der Waals surface area (Å²) < 4.78 is 5.16. The van der Waals surface area contributed by atoms with Gasteiger partial charge < -0.3 is 14.8 Å². The van der Waals surface area contributed by atoms with Crippen molar-refractivity contribution in [2.75, 3.05) is 0 Å². The molecule has 5 nitrogen and oxygen atoms in total. The molecule has 1 unspecified atom stereocenters. The number of carbonyl (C=O) groups excluding carboxylic acids is 2. The molecule has 0 saturated heterocycles. The Hall–Kier alpha value is -1.62. The molecule has 1 aromatic heterocycles. The lowest BCUT2D eigenvalue weighted by atomic mass is 9.94. The van der Waals surface area contributed by atoms with Crippen molar-refractivity contribution in [1.29, 1.82) is 0 Å². The average molecular weight is 299 g/mol. The minimum absolute atomic E-state index is 0.360. The number of hydrogen-bond donors (Lipinski definition) is 1. The Bertz CT molecular complexity index is 526. The first-order valence-electron chi connectivity index (χ1n) is 6.17. The van der Waals surface area contributed by atoms with Crippen LogP contribution in [0.25, 0.3) is 0 Å². The van der Waals surface area contributed by atoms with Gasteiger partial charge in [-0.05, 0) is 46.2 Å². The zero-order chi connectivity index (χ0) is 15.6. The Morgan fingerprint density at radius 3 is 2.45 bits per heavy atom. The van der Waals surface area contributed by atoms with Crippen molar-refractivity contribution in [2.45, 2.75) is 45.8 Å². The zero-order valence-corrected chi connectivity index (χ0v) is 13.0. The third kappa shape index (κ3) is 4.20. The smallest absolute Gasteiger partial charge is 0.408 e. The normalized spacial score (nSPS) is 14.3. The Balaban J connectivity index is 2.99. The second-order valence-electron chi connectivity index (χ2n) is 5.78. The number of ether oxygens (including phenoxy) is 1. The molecule has 1 rings (SSSR count). The molecule has 1 amide bonds.